The molecule has 17 heavy (non-hydrogen) atoms. The predicted molar refractivity (Wildman–Crippen MR) is 59.6 cm³/mol. The van der Waals surface area contributed by atoms with Crippen LogP contribution in [0, 0.1) is 0 Å². The summed E-state index contributed by atoms with van der Waals surface area (Å²) in [6, 6.07) is 3.33. The van der Waals surface area contributed by atoms with Gasteiger partial charge in [0, 0.05) is 10.2 Å². The minimum atomic E-state index is -4.43. The van der Waals surface area contributed by atoms with E-state index in [0.717, 1.165) is 12.1 Å². The maximum absolute atomic E-state index is 12.5. The molecule has 94 valence electrons. The summed E-state index contributed by atoms with van der Waals surface area (Å²) in [5.41, 5.74) is -0.601. The minimum Gasteiger partial charge on any atom is -0.468 e. The Morgan fingerprint density at radius 2 is 2.06 bits per heavy atom. The Balaban J connectivity index is 2.87. The largest absolute Gasteiger partial charge is 0.468 e. The molecule has 0 aliphatic heterocycles. The van der Waals surface area contributed by atoms with Gasteiger partial charge < -0.3 is 10.1 Å². The Bertz CT molecular complexity index is 421. The van der Waals surface area contributed by atoms with E-state index in [-0.39, 0.29) is 16.7 Å². The molecule has 1 rings (SSSR count). The molecule has 0 spiro atoms. The quantitative estimate of drug-likeness (QED) is 0.872. The number of esters is 1. The Hall–Kier alpha value is -1.24. The van der Waals surface area contributed by atoms with Crippen LogP contribution in [-0.4, -0.2) is 19.6 Å². The molecule has 1 aromatic rings. The van der Waals surface area contributed by atoms with Crippen molar-refractivity contribution in [3.05, 3.63) is 28.2 Å². The van der Waals surface area contributed by atoms with Gasteiger partial charge in [-0.25, -0.2) is 0 Å². The molecule has 0 amide bonds. The Labute approximate surface area is 104 Å². The van der Waals surface area contributed by atoms with Gasteiger partial charge in [0.1, 0.15) is 6.54 Å². The van der Waals surface area contributed by atoms with Crippen molar-refractivity contribution in [3.8, 4) is 0 Å². The smallest absolute Gasteiger partial charge is 0.416 e. The summed E-state index contributed by atoms with van der Waals surface area (Å²) < 4.78 is 42.1. The lowest BCUT2D eigenvalue weighted by Gasteiger charge is -2.11. The molecule has 0 heterocycles. The lowest BCUT2D eigenvalue weighted by atomic mass is 10.2. The van der Waals surface area contributed by atoms with Crippen molar-refractivity contribution in [2.24, 2.45) is 0 Å². The Morgan fingerprint density at radius 1 is 1.41 bits per heavy atom. The molecular weight excluding hydrogens is 303 g/mol. The standard InChI is InChI=1S/C10H9BrF3NO2/c1-17-9(16)5-15-8-3-6(10(12,13)14)2-7(11)4-8/h2-4,15H,5H2,1H3. The average Bonchev–Trinajstić information content (AvgIpc) is 2.24. The van der Waals surface area contributed by atoms with E-state index in [0.29, 0.717) is 0 Å². The first-order chi connectivity index (χ1) is 7.82. The number of methoxy groups -OCH3 is 1. The maximum atomic E-state index is 12.5. The van der Waals surface area contributed by atoms with Crippen molar-refractivity contribution in [3.63, 3.8) is 0 Å². The van der Waals surface area contributed by atoms with Crippen LogP contribution in [0.4, 0.5) is 18.9 Å². The van der Waals surface area contributed by atoms with Crippen molar-refractivity contribution < 1.29 is 22.7 Å². The molecule has 0 radical (unpaired) electrons. The third-order valence-corrected chi connectivity index (χ3v) is 2.35. The molecule has 1 aromatic carbocycles. The number of carbonyl (C=O) groups is 1. The molecule has 7 heteroatoms. The van der Waals surface area contributed by atoms with E-state index >= 15 is 0 Å². The fourth-order valence-corrected chi connectivity index (χ4v) is 1.60. The Morgan fingerprint density at radius 3 is 2.59 bits per heavy atom. The van der Waals surface area contributed by atoms with E-state index in [9.17, 15) is 18.0 Å². The van der Waals surface area contributed by atoms with Crippen LogP contribution in [0.2, 0.25) is 0 Å². The predicted octanol–water partition coefficient (Wildman–Crippen LogP) is 3.05. The summed E-state index contributed by atoms with van der Waals surface area (Å²) in [6.07, 6.45) is -4.43. The number of hydrogen-bond acceptors (Lipinski definition) is 3. The number of alkyl halides is 3. The Kier molecular flexibility index (Phi) is 4.39. The first kappa shape index (κ1) is 13.8. The number of rotatable bonds is 3. The van der Waals surface area contributed by atoms with Gasteiger partial charge >= 0.3 is 12.1 Å². The summed E-state index contributed by atoms with van der Waals surface area (Å²) in [5.74, 6) is -0.557. The van der Waals surface area contributed by atoms with E-state index in [1.807, 2.05) is 0 Å². The number of benzene rings is 1. The summed E-state index contributed by atoms with van der Waals surface area (Å²) in [4.78, 5) is 10.8. The summed E-state index contributed by atoms with van der Waals surface area (Å²) in [6.45, 7) is -0.190. The second-order valence-corrected chi connectivity index (χ2v) is 4.07. The normalized spacial score (nSPS) is 11.1. The molecule has 0 aliphatic rings. The average molecular weight is 312 g/mol. The zero-order chi connectivity index (χ0) is 13.1. The van der Waals surface area contributed by atoms with E-state index in [1.54, 1.807) is 0 Å². The molecule has 0 fully saturated rings. The van der Waals surface area contributed by atoms with Gasteiger partial charge in [-0.3, -0.25) is 4.79 Å². The molecule has 0 saturated carbocycles. The second-order valence-electron chi connectivity index (χ2n) is 3.16. The summed E-state index contributed by atoms with van der Waals surface area (Å²) in [5, 5.41) is 2.54. The zero-order valence-electron chi connectivity index (χ0n) is 8.77. The van der Waals surface area contributed by atoms with Gasteiger partial charge in [-0.05, 0) is 18.2 Å². The fraction of sp³-hybridized carbons (Fsp3) is 0.300. The van der Waals surface area contributed by atoms with E-state index in [4.69, 9.17) is 0 Å². The minimum absolute atomic E-state index is 0.190. The summed E-state index contributed by atoms with van der Waals surface area (Å²) >= 11 is 2.97. The third kappa shape index (κ3) is 4.26. The highest BCUT2D eigenvalue weighted by atomic mass is 79.9. The number of nitrogens with one attached hydrogen (secondary N) is 1. The first-order valence-corrected chi connectivity index (χ1v) is 5.30. The number of hydrogen-bond donors (Lipinski definition) is 1. The van der Waals surface area contributed by atoms with Crippen LogP contribution in [0.3, 0.4) is 0 Å². The van der Waals surface area contributed by atoms with E-state index < -0.39 is 17.7 Å². The molecule has 0 saturated heterocycles. The second kappa shape index (κ2) is 5.39. The number of ether oxygens (including phenoxy) is 1. The van der Waals surface area contributed by atoms with Crippen molar-refractivity contribution in [1.82, 2.24) is 0 Å². The van der Waals surface area contributed by atoms with Crippen molar-refractivity contribution in [2.75, 3.05) is 19.0 Å². The molecule has 1 N–H and O–H groups in total. The van der Waals surface area contributed by atoms with Gasteiger partial charge in [0.05, 0.1) is 12.7 Å². The van der Waals surface area contributed by atoms with Crippen LogP contribution in [0.15, 0.2) is 22.7 Å². The molecular formula is C10H9BrF3NO2. The van der Waals surface area contributed by atoms with Crippen LogP contribution in [-0.2, 0) is 15.7 Å². The molecule has 0 aliphatic carbocycles. The first-order valence-electron chi connectivity index (χ1n) is 4.51. The number of carbonyl (C=O) groups excluding carboxylic acids is 1. The van der Waals surface area contributed by atoms with Gasteiger partial charge in [-0.1, -0.05) is 15.9 Å². The lowest BCUT2D eigenvalue weighted by Crippen LogP contribution is -2.15. The van der Waals surface area contributed by atoms with Gasteiger partial charge in [0.25, 0.3) is 0 Å². The van der Waals surface area contributed by atoms with E-state index in [2.05, 4.69) is 26.0 Å². The fourth-order valence-electron chi connectivity index (χ4n) is 1.10. The SMILES string of the molecule is COC(=O)CNc1cc(Br)cc(C(F)(F)F)c1. The topological polar surface area (TPSA) is 38.3 Å². The highest BCUT2D eigenvalue weighted by molar-refractivity contribution is 9.10. The van der Waals surface area contributed by atoms with Gasteiger partial charge in [0.15, 0.2) is 0 Å². The third-order valence-electron chi connectivity index (χ3n) is 1.89. The van der Waals surface area contributed by atoms with Crippen LogP contribution in [0.25, 0.3) is 0 Å². The summed E-state index contributed by atoms with van der Waals surface area (Å²) in [7, 11) is 1.20. The van der Waals surface area contributed by atoms with E-state index in [1.165, 1.54) is 13.2 Å². The van der Waals surface area contributed by atoms with Gasteiger partial charge in [-0.15, -0.1) is 0 Å². The molecule has 0 unspecified atom stereocenters. The van der Waals surface area contributed by atoms with Crippen molar-refractivity contribution >= 4 is 27.6 Å². The molecule has 3 nitrogen and oxygen atoms in total. The van der Waals surface area contributed by atoms with Crippen molar-refractivity contribution in [2.45, 2.75) is 6.18 Å². The van der Waals surface area contributed by atoms with Crippen LogP contribution < -0.4 is 5.32 Å². The maximum Gasteiger partial charge on any atom is 0.416 e. The molecule has 0 aromatic heterocycles. The van der Waals surface area contributed by atoms with Crippen LogP contribution >= 0.6 is 15.9 Å². The number of anilines is 1. The van der Waals surface area contributed by atoms with Crippen LogP contribution in [0.1, 0.15) is 5.56 Å². The zero-order valence-corrected chi connectivity index (χ0v) is 10.4. The number of halogens is 4. The molecule has 0 atom stereocenters. The monoisotopic (exact) mass is 311 g/mol. The lowest BCUT2D eigenvalue weighted by molar-refractivity contribution is -0.138. The highest BCUT2D eigenvalue weighted by Gasteiger charge is 2.31. The molecule has 0 bridgehead atoms. The highest BCUT2D eigenvalue weighted by Crippen LogP contribution is 2.33. The van der Waals surface area contributed by atoms with Crippen LogP contribution in [0.5, 0.6) is 0 Å². The van der Waals surface area contributed by atoms with Crippen molar-refractivity contribution in [1.29, 1.82) is 0 Å². The van der Waals surface area contributed by atoms with Gasteiger partial charge in [0.2, 0.25) is 0 Å². The van der Waals surface area contributed by atoms with Gasteiger partial charge in [-0.2, -0.15) is 13.2 Å².